The van der Waals surface area contributed by atoms with Gasteiger partial charge in [0, 0.05) is 30.8 Å². The number of anilines is 1. The van der Waals surface area contributed by atoms with E-state index in [2.05, 4.69) is 11.9 Å². The molecule has 1 atom stereocenters. The zero-order chi connectivity index (χ0) is 20.0. The molecule has 1 aliphatic rings. The van der Waals surface area contributed by atoms with E-state index in [1.807, 2.05) is 24.3 Å². The maximum absolute atomic E-state index is 13.2. The van der Waals surface area contributed by atoms with Gasteiger partial charge in [-0.1, -0.05) is 19.1 Å². The smallest absolute Gasteiger partial charge is 0.315 e. The van der Waals surface area contributed by atoms with Crippen LogP contribution in [0, 0.1) is 0 Å². The third-order valence-electron chi connectivity index (χ3n) is 5.07. The maximum Gasteiger partial charge on any atom is 0.332 e. The van der Waals surface area contributed by atoms with Crippen LogP contribution in [-0.4, -0.2) is 36.4 Å². The number of imidazole rings is 1. The molecule has 1 amide bonds. The molecule has 9 heteroatoms. The summed E-state index contributed by atoms with van der Waals surface area (Å²) in [5.74, 6) is -0.114. The molecule has 1 aliphatic heterocycles. The molecule has 0 bridgehead atoms. The lowest BCUT2D eigenvalue weighted by Crippen LogP contribution is -2.39. The molecular formula is C19H21N5O3S. The fraction of sp³-hybridized carbons (Fsp3) is 0.368. The van der Waals surface area contributed by atoms with Crippen LogP contribution in [0.5, 0.6) is 0 Å². The Morgan fingerprint density at radius 1 is 1.21 bits per heavy atom. The van der Waals surface area contributed by atoms with E-state index in [4.69, 9.17) is 0 Å². The molecule has 4 rings (SSSR count). The number of aromatic nitrogens is 4. The summed E-state index contributed by atoms with van der Waals surface area (Å²) in [4.78, 5) is 44.9. The van der Waals surface area contributed by atoms with Crippen molar-refractivity contribution in [2.24, 2.45) is 14.1 Å². The Bertz CT molecular complexity index is 1190. The second-order valence-electron chi connectivity index (χ2n) is 6.98. The number of hydrogen-bond acceptors (Lipinski definition) is 5. The van der Waals surface area contributed by atoms with Gasteiger partial charge in [-0.3, -0.25) is 18.7 Å². The zero-order valence-electron chi connectivity index (χ0n) is 16.0. The molecule has 3 heterocycles. The predicted octanol–water partition coefficient (Wildman–Crippen LogP) is 1.35. The van der Waals surface area contributed by atoms with Crippen molar-refractivity contribution >= 4 is 34.5 Å². The molecule has 0 spiro atoms. The van der Waals surface area contributed by atoms with Crippen molar-refractivity contribution in [3.63, 3.8) is 0 Å². The fourth-order valence-electron chi connectivity index (χ4n) is 3.49. The van der Waals surface area contributed by atoms with Gasteiger partial charge in [-0.2, -0.15) is 0 Å². The third kappa shape index (κ3) is 2.95. The number of aryl methyl sites for hydroxylation is 1. The largest absolute Gasteiger partial charge is 0.332 e. The molecule has 146 valence electrons. The predicted molar refractivity (Wildman–Crippen MR) is 109 cm³/mol. The normalized spacial score (nSPS) is 16.8. The molecule has 0 saturated carbocycles. The van der Waals surface area contributed by atoms with Crippen molar-refractivity contribution in [1.29, 1.82) is 0 Å². The molecule has 0 unspecified atom stereocenters. The minimum absolute atomic E-state index is 0.0165. The highest BCUT2D eigenvalue weighted by Crippen LogP contribution is 2.37. The van der Waals surface area contributed by atoms with Crippen LogP contribution in [0.1, 0.15) is 13.3 Å². The van der Waals surface area contributed by atoms with E-state index in [9.17, 15) is 14.4 Å². The van der Waals surface area contributed by atoms with Gasteiger partial charge in [-0.25, -0.2) is 9.78 Å². The number of para-hydroxylation sites is 1. The molecule has 0 N–H and O–H groups in total. The van der Waals surface area contributed by atoms with Gasteiger partial charge >= 0.3 is 5.69 Å². The van der Waals surface area contributed by atoms with E-state index in [1.54, 1.807) is 23.7 Å². The van der Waals surface area contributed by atoms with E-state index in [-0.39, 0.29) is 23.6 Å². The number of fused-ring (bicyclic) bond motifs is 2. The maximum atomic E-state index is 13.2. The highest BCUT2D eigenvalue weighted by atomic mass is 32.2. The summed E-state index contributed by atoms with van der Waals surface area (Å²) in [5, 5.41) is 0.412. The number of benzene rings is 1. The standard InChI is InChI=1S/C19H21N5O3S/c1-12-8-9-24(13-6-4-5-7-14(13)28-12)15(25)10-23-11-20-17-16(23)18(26)22(3)19(27)21(17)2/h4-7,11-12H,8-10H2,1-3H3/t12-/m0/s1. The Kier molecular flexibility index (Phi) is 4.62. The molecule has 0 radical (unpaired) electrons. The molecule has 0 aliphatic carbocycles. The molecule has 0 fully saturated rings. The molecule has 8 nitrogen and oxygen atoms in total. The van der Waals surface area contributed by atoms with E-state index >= 15 is 0 Å². The van der Waals surface area contributed by atoms with Gasteiger partial charge in [0.1, 0.15) is 6.54 Å². The van der Waals surface area contributed by atoms with Gasteiger partial charge in [0.25, 0.3) is 5.56 Å². The van der Waals surface area contributed by atoms with Gasteiger partial charge in [0.2, 0.25) is 5.91 Å². The van der Waals surface area contributed by atoms with Crippen LogP contribution in [0.2, 0.25) is 0 Å². The summed E-state index contributed by atoms with van der Waals surface area (Å²) < 4.78 is 3.88. The molecule has 0 saturated heterocycles. The van der Waals surface area contributed by atoms with Crippen molar-refractivity contribution < 1.29 is 4.79 Å². The SMILES string of the molecule is C[C@H]1CCN(C(=O)Cn2cnc3c2c(=O)n(C)c(=O)n3C)c2ccccc2S1. The molecular weight excluding hydrogens is 378 g/mol. The first-order valence-electron chi connectivity index (χ1n) is 9.05. The van der Waals surface area contributed by atoms with Crippen molar-refractivity contribution in [2.45, 2.75) is 30.0 Å². The lowest BCUT2D eigenvalue weighted by Gasteiger charge is -2.22. The third-order valence-corrected chi connectivity index (χ3v) is 6.30. The average molecular weight is 399 g/mol. The van der Waals surface area contributed by atoms with Gasteiger partial charge in [0.15, 0.2) is 11.2 Å². The minimum Gasteiger partial charge on any atom is -0.315 e. The van der Waals surface area contributed by atoms with Crippen LogP contribution in [-0.2, 0) is 25.4 Å². The Morgan fingerprint density at radius 2 is 1.96 bits per heavy atom. The molecule has 2 aromatic heterocycles. The first-order chi connectivity index (χ1) is 13.4. The monoisotopic (exact) mass is 399 g/mol. The van der Waals surface area contributed by atoms with Gasteiger partial charge in [-0.15, -0.1) is 11.8 Å². The Balaban J connectivity index is 1.74. The van der Waals surface area contributed by atoms with Gasteiger partial charge in [-0.05, 0) is 18.6 Å². The van der Waals surface area contributed by atoms with Crippen LogP contribution < -0.4 is 16.1 Å². The first-order valence-corrected chi connectivity index (χ1v) is 9.93. The number of carbonyl (C=O) groups excluding carboxylic acids is 1. The Hall–Kier alpha value is -2.81. The fourth-order valence-corrected chi connectivity index (χ4v) is 4.61. The molecule has 1 aromatic carbocycles. The van der Waals surface area contributed by atoms with Crippen LogP contribution in [0.3, 0.4) is 0 Å². The van der Waals surface area contributed by atoms with Crippen LogP contribution >= 0.6 is 11.8 Å². The second-order valence-corrected chi connectivity index (χ2v) is 8.46. The zero-order valence-corrected chi connectivity index (χ0v) is 16.8. The quantitative estimate of drug-likeness (QED) is 0.650. The summed E-state index contributed by atoms with van der Waals surface area (Å²) in [6.07, 6.45) is 2.33. The minimum atomic E-state index is -0.455. The number of rotatable bonds is 2. The number of nitrogens with zero attached hydrogens (tertiary/aromatic N) is 5. The van der Waals surface area contributed by atoms with Crippen LogP contribution in [0.15, 0.2) is 45.1 Å². The highest BCUT2D eigenvalue weighted by Gasteiger charge is 2.25. The number of thioether (sulfide) groups is 1. The van der Waals surface area contributed by atoms with E-state index in [0.717, 1.165) is 21.6 Å². The van der Waals surface area contributed by atoms with E-state index in [1.165, 1.54) is 22.5 Å². The number of hydrogen-bond donors (Lipinski definition) is 0. The summed E-state index contributed by atoms with van der Waals surface area (Å²) in [5.41, 5.74) is 0.530. The van der Waals surface area contributed by atoms with Crippen molar-refractivity contribution in [3.8, 4) is 0 Å². The summed E-state index contributed by atoms with van der Waals surface area (Å²) >= 11 is 1.77. The van der Waals surface area contributed by atoms with Gasteiger partial charge < -0.3 is 9.47 Å². The average Bonchev–Trinajstić information content (AvgIpc) is 3.01. The summed E-state index contributed by atoms with van der Waals surface area (Å²) in [6.45, 7) is 2.76. The lowest BCUT2D eigenvalue weighted by molar-refractivity contribution is -0.119. The van der Waals surface area contributed by atoms with Gasteiger partial charge in [0.05, 0.1) is 12.0 Å². The van der Waals surface area contributed by atoms with E-state index < -0.39 is 11.2 Å². The lowest BCUT2D eigenvalue weighted by atomic mass is 10.2. The van der Waals surface area contributed by atoms with Crippen LogP contribution in [0.4, 0.5) is 5.69 Å². The Labute approximate surface area is 165 Å². The highest BCUT2D eigenvalue weighted by molar-refractivity contribution is 8.00. The second kappa shape index (κ2) is 6.97. The van der Waals surface area contributed by atoms with Crippen molar-refractivity contribution in [1.82, 2.24) is 18.7 Å². The van der Waals surface area contributed by atoms with Crippen molar-refractivity contribution in [3.05, 3.63) is 51.4 Å². The Morgan fingerprint density at radius 3 is 2.75 bits per heavy atom. The first kappa shape index (κ1) is 18.5. The molecule has 28 heavy (non-hydrogen) atoms. The summed E-state index contributed by atoms with van der Waals surface area (Å²) in [7, 11) is 2.99. The molecule has 3 aromatic rings. The van der Waals surface area contributed by atoms with Crippen LogP contribution in [0.25, 0.3) is 11.2 Å². The number of carbonyl (C=O) groups is 1. The van der Waals surface area contributed by atoms with E-state index in [0.29, 0.717) is 11.8 Å². The topological polar surface area (TPSA) is 82.1 Å². The summed E-state index contributed by atoms with van der Waals surface area (Å²) in [6, 6.07) is 7.88. The number of amides is 1. The van der Waals surface area contributed by atoms with Crippen molar-refractivity contribution in [2.75, 3.05) is 11.4 Å².